The fourth-order valence-electron chi connectivity index (χ4n) is 1.30. The van der Waals surface area contributed by atoms with Crippen molar-refractivity contribution < 1.29 is 9.53 Å². The first-order valence-corrected chi connectivity index (χ1v) is 5.56. The lowest BCUT2D eigenvalue weighted by Crippen LogP contribution is -2.25. The molecule has 0 aromatic carbocycles. The van der Waals surface area contributed by atoms with E-state index in [1.54, 1.807) is 13.2 Å². The molecule has 94 valence electrons. The molecule has 0 aliphatic carbocycles. The Hall–Kier alpha value is -1.85. The Kier molecular flexibility index (Phi) is 5.19. The van der Waals surface area contributed by atoms with Crippen LogP contribution in [-0.2, 0) is 4.79 Å². The van der Waals surface area contributed by atoms with Crippen molar-refractivity contribution in [1.82, 2.24) is 15.3 Å². The molecule has 0 saturated carbocycles. The number of carbonyl (C=O) groups is 1. The number of aryl methyl sites for hydroxylation is 1. The normalized spacial score (nSPS) is 9.82. The second kappa shape index (κ2) is 6.67. The number of hydrogen-bond donors (Lipinski definition) is 2. The molecule has 6 heteroatoms. The number of anilines is 1. The maximum Gasteiger partial charge on any atom is 0.226 e. The highest BCUT2D eigenvalue weighted by Gasteiger charge is 2.03. The lowest BCUT2D eigenvalue weighted by atomic mass is 10.4. The highest BCUT2D eigenvalue weighted by molar-refractivity contribution is 5.76. The molecule has 0 aliphatic heterocycles. The van der Waals surface area contributed by atoms with E-state index in [-0.39, 0.29) is 5.91 Å². The van der Waals surface area contributed by atoms with Crippen LogP contribution in [0.3, 0.4) is 0 Å². The van der Waals surface area contributed by atoms with Crippen LogP contribution in [0.4, 0.5) is 5.95 Å². The van der Waals surface area contributed by atoms with Crippen molar-refractivity contribution in [3.8, 4) is 5.88 Å². The molecule has 1 aromatic heterocycles. The van der Waals surface area contributed by atoms with Crippen LogP contribution in [0, 0.1) is 6.92 Å². The van der Waals surface area contributed by atoms with Gasteiger partial charge < -0.3 is 15.4 Å². The molecule has 17 heavy (non-hydrogen) atoms. The minimum atomic E-state index is 0.0135. The van der Waals surface area contributed by atoms with Crippen LogP contribution in [0.15, 0.2) is 6.07 Å². The number of carbonyl (C=O) groups excluding carboxylic acids is 1. The van der Waals surface area contributed by atoms with Gasteiger partial charge in [-0.25, -0.2) is 4.98 Å². The summed E-state index contributed by atoms with van der Waals surface area (Å²) in [7, 11) is 1.56. The highest BCUT2D eigenvalue weighted by Crippen LogP contribution is 2.10. The zero-order valence-corrected chi connectivity index (χ0v) is 10.4. The summed E-state index contributed by atoms with van der Waals surface area (Å²) in [6.45, 7) is 4.89. The van der Waals surface area contributed by atoms with Gasteiger partial charge in [-0.3, -0.25) is 4.79 Å². The number of nitrogens with zero attached hydrogens (tertiary/aromatic N) is 2. The van der Waals surface area contributed by atoms with Crippen LogP contribution < -0.4 is 15.4 Å². The second-order valence-electron chi connectivity index (χ2n) is 3.51. The van der Waals surface area contributed by atoms with E-state index in [1.165, 1.54) is 0 Å². The first-order chi connectivity index (χ1) is 8.15. The number of rotatable bonds is 6. The molecule has 6 nitrogen and oxygen atoms in total. The number of ether oxygens (including phenoxy) is 1. The van der Waals surface area contributed by atoms with Crippen molar-refractivity contribution in [2.75, 3.05) is 25.5 Å². The van der Waals surface area contributed by atoms with Gasteiger partial charge in [0, 0.05) is 31.3 Å². The van der Waals surface area contributed by atoms with Crippen LogP contribution in [0.25, 0.3) is 0 Å². The van der Waals surface area contributed by atoms with Crippen molar-refractivity contribution in [2.24, 2.45) is 0 Å². The van der Waals surface area contributed by atoms with Crippen molar-refractivity contribution in [2.45, 2.75) is 20.3 Å². The fraction of sp³-hybridized carbons (Fsp3) is 0.545. The van der Waals surface area contributed by atoms with Gasteiger partial charge in [0.15, 0.2) is 0 Å². The van der Waals surface area contributed by atoms with Crippen molar-refractivity contribution >= 4 is 11.9 Å². The lowest BCUT2D eigenvalue weighted by molar-refractivity contribution is -0.120. The fourth-order valence-corrected chi connectivity index (χ4v) is 1.30. The smallest absolute Gasteiger partial charge is 0.226 e. The maximum atomic E-state index is 11.2. The first kappa shape index (κ1) is 13.2. The minimum absolute atomic E-state index is 0.0135. The van der Waals surface area contributed by atoms with E-state index < -0.39 is 0 Å². The quantitative estimate of drug-likeness (QED) is 0.764. The van der Waals surface area contributed by atoms with Crippen molar-refractivity contribution in [3.05, 3.63) is 11.8 Å². The van der Waals surface area contributed by atoms with Crippen molar-refractivity contribution in [3.63, 3.8) is 0 Å². The highest BCUT2D eigenvalue weighted by atomic mass is 16.5. The monoisotopic (exact) mass is 238 g/mol. The van der Waals surface area contributed by atoms with Gasteiger partial charge in [0.25, 0.3) is 0 Å². The average Bonchev–Trinajstić information content (AvgIpc) is 2.28. The molecule has 0 radical (unpaired) electrons. The zero-order chi connectivity index (χ0) is 12.7. The maximum absolute atomic E-state index is 11.2. The molecule has 0 fully saturated rings. The van der Waals surface area contributed by atoms with Crippen LogP contribution in [0.1, 0.15) is 19.0 Å². The first-order valence-electron chi connectivity index (χ1n) is 5.56. The number of methoxy groups -OCH3 is 1. The van der Waals surface area contributed by atoms with Crippen molar-refractivity contribution in [1.29, 1.82) is 0 Å². The molecule has 0 aliphatic rings. The van der Waals surface area contributed by atoms with Crippen LogP contribution in [0.2, 0.25) is 0 Å². The van der Waals surface area contributed by atoms with Gasteiger partial charge in [0.2, 0.25) is 17.7 Å². The zero-order valence-electron chi connectivity index (χ0n) is 10.4. The van der Waals surface area contributed by atoms with Crippen LogP contribution >= 0.6 is 0 Å². The van der Waals surface area contributed by atoms with E-state index >= 15 is 0 Å². The van der Waals surface area contributed by atoms with E-state index in [2.05, 4.69) is 20.6 Å². The molecule has 0 spiro atoms. The van der Waals surface area contributed by atoms with Gasteiger partial charge in [-0.15, -0.1) is 0 Å². The number of aromatic nitrogens is 2. The Bertz CT molecular complexity index is 382. The van der Waals surface area contributed by atoms with Gasteiger partial charge in [-0.1, -0.05) is 0 Å². The summed E-state index contributed by atoms with van der Waals surface area (Å²) in [6.07, 6.45) is 0.396. The molecule has 0 bridgehead atoms. The van der Waals surface area contributed by atoms with E-state index in [4.69, 9.17) is 4.74 Å². The molecule has 2 N–H and O–H groups in total. The van der Waals surface area contributed by atoms with E-state index in [9.17, 15) is 4.79 Å². The molecule has 1 aromatic rings. The SMILES string of the molecule is CCNC(=O)CCNc1nc(C)cc(OC)n1. The Balaban J connectivity index is 2.46. The summed E-state index contributed by atoms with van der Waals surface area (Å²) in [5.41, 5.74) is 0.817. The van der Waals surface area contributed by atoms with Gasteiger partial charge in [0.05, 0.1) is 7.11 Å². The van der Waals surface area contributed by atoms with E-state index in [0.717, 1.165) is 5.69 Å². The van der Waals surface area contributed by atoms with Gasteiger partial charge in [-0.05, 0) is 13.8 Å². The third kappa shape index (κ3) is 4.67. The third-order valence-electron chi connectivity index (χ3n) is 2.05. The summed E-state index contributed by atoms with van der Waals surface area (Å²) >= 11 is 0. The summed E-state index contributed by atoms with van der Waals surface area (Å²) in [6, 6.07) is 1.75. The van der Waals surface area contributed by atoms with Gasteiger partial charge in [0.1, 0.15) is 0 Å². The largest absolute Gasteiger partial charge is 0.481 e. The summed E-state index contributed by atoms with van der Waals surface area (Å²) in [5, 5.41) is 5.71. The molecule has 0 unspecified atom stereocenters. The summed E-state index contributed by atoms with van der Waals surface area (Å²) in [5.74, 6) is 1.00. The van der Waals surface area contributed by atoms with Crippen LogP contribution in [0.5, 0.6) is 5.88 Å². The van der Waals surface area contributed by atoms with Gasteiger partial charge >= 0.3 is 0 Å². The minimum Gasteiger partial charge on any atom is -0.481 e. The predicted molar refractivity (Wildman–Crippen MR) is 65.1 cm³/mol. The number of amides is 1. The van der Waals surface area contributed by atoms with Crippen LogP contribution in [-0.4, -0.2) is 36.1 Å². The third-order valence-corrected chi connectivity index (χ3v) is 2.05. The van der Waals surface area contributed by atoms with E-state index in [0.29, 0.717) is 31.3 Å². The topological polar surface area (TPSA) is 76.1 Å². The van der Waals surface area contributed by atoms with E-state index in [1.807, 2.05) is 13.8 Å². The molecular formula is C11H18N4O2. The molecule has 0 atom stereocenters. The molecule has 1 amide bonds. The number of nitrogens with one attached hydrogen (secondary N) is 2. The Labute approximate surface area is 101 Å². The summed E-state index contributed by atoms with van der Waals surface area (Å²) < 4.78 is 5.03. The Morgan fingerprint density at radius 2 is 2.24 bits per heavy atom. The number of hydrogen-bond acceptors (Lipinski definition) is 5. The lowest BCUT2D eigenvalue weighted by Gasteiger charge is -2.07. The summed E-state index contributed by atoms with van der Waals surface area (Å²) in [4.78, 5) is 19.5. The predicted octanol–water partition coefficient (Wildman–Crippen LogP) is 0.732. The molecule has 1 heterocycles. The Morgan fingerprint density at radius 3 is 2.88 bits per heavy atom. The average molecular weight is 238 g/mol. The molecule has 0 saturated heterocycles. The van der Waals surface area contributed by atoms with Gasteiger partial charge in [-0.2, -0.15) is 4.98 Å². The second-order valence-corrected chi connectivity index (χ2v) is 3.51. The standard InChI is InChI=1S/C11H18N4O2/c1-4-12-9(16)5-6-13-11-14-8(2)7-10(15-11)17-3/h7H,4-6H2,1-3H3,(H,12,16)(H,13,14,15). The molecule has 1 rings (SSSR count). The molecular weight excluding hydrogens is 220 g/mol. The Morgan fingerprint density at radius 1 is 1.47 bits per heavy atom.